The van der Waals surface area contributed by atoms with Gasteiger partial charge in [0.25, 0.3) is 5.91 Å². The zero-order valence-corrected chi connectivity index (χ0v) is 11.3. The summed E-state index contributed by atoms with van der Waals surface area (Å²) < 4.78 is 44.7. The number of alkyl halides is 3. The number of carbonyl (C=O) groups excluding carboxylic acids is 1. The van der Waals surface area contributed by atoms with Crippen molar-refractivity contribution in [3.8, 4) is 0 Å². The average molecular weight is 315 g/mol. The number of halogens is 3. The molecule has 2 aromatic heterocycles. The van der Waals surface area contributed by atoms with Crippen LogP contribution in [0, 0.1) is 0 Å². The number of morpholine rings is 1. The maximum absolute atomic E-state index is 12.8. The van der Waals surface area contributed by atoms with Crippen LogP contribution in [0.15, 0.2) is 12.4 Å². The van der Waals surface area contributed by atoms with E-state index in [2.05, 4.69) is 10.1 Å². The number of carbonyl (C=O) groups is 1. The molecule has 1 amide bonds. The van der Waals surface area contributed by atoms with Crippen LogP contribution in [0.4, 0.5) is 18.9 Å². The highest BCUT2D eigenvalue weighted by molar-refractivity contribution is 6.01. The average Bonchev–Trinajstić information content (AvgIpc) is 2.91. The molecular weight excluding hydrogens is 303 g/mol. The molecule has 3 rings (SSSR count). The summed E-state index contributed by atoms with van der Waals surface area (Å²) in [6.07, 6.45) is -2.66. The molecule has 22 heavy (non-hydrogen) atoms. The SMILES string of the molecule is NC(=O)c1cnn2cc(C(F)(F)F)nc2c1N1CCOCC1. The third-order valence-electron chi connectivity index (χ3n) is 3.35. The molecule has 1 fully saturated rings. The summed E-state index contributed by atoms with van der Waals surface area (Å²) in [5.41, 5.74) is 4.47. The lowest BCUT2D eigenvalue weighted by Crippen LogP contribution is -2.38. The molecule has 1 saturated heterocycles. The molecule has 2 N–H and O–H groups in total. The molecule has 1 aliphatic rings. The largest absolute Gasteiger partial charge is 0.434 e. The van der Waals surface area contributed by atoms with Gasteiger partial charge in [0.1, 0.15) is 0 Å². The van der Waals surface area contributed by atoms with Gasteiger partial charge in [0.05, 0.1) is 36.9 Å². The van der Waals surface area contributed by atoms with E-state index in [1.54, 1.807) is 4.90 Å². The van der Waals surface area contributed by atoms with Gasteiger partial charge in [0.2, 0.25) is 0 Å². The Balaban J connectivity index is 2.21. The first-order chi connectivity index (χ1) is 10.4. The fourth-order valence-electron chi connectivity index (χ4n) is 2.34. The summed E-state index contributed by atoms with van der Waals surface area (Å²) in [7, 11) is 0. The Morgan fingerprint density at radius 3 is 2.59 bits per heavy atom. The van der Waals surface area contributed by atoms with Crippen LogP contribution in [0.1, 0.15) is 16.1 Å². The Hall–Kier alpha value is -2.36. The number of nitrogens with zero attached hydrogens (tertiary/aromatic N) is 4. The van der Waals surface area contributed by atoms with E-state index < -0.39 is 17.8 Å². The molecule has 2 aromatic rings. The number of hydrogen-bond acceptors (Lipinski definition) is 5. The van der Waals surface area contributed by atoms with E-state index in [1.807, 2.05) is 0 Å². The third kappa shape index (κ3) is 2.45. The monoisotopic (exact) mass is 315 g/mol. The molecular formula is C12H12F3N5O2. The normalized spacial score (nSPS) is 16.2. The van der Waals surface area contributed by atoms with Gasteiger partial charge in [-0.1, -0.05) is 0 Å². The molecule has 118 valence electrons. The Kier molecular flexibility index (Phi) is 3.39. The van der Waals surface area contributed by atoms with Crippen molar-refractivity contribution in [1.29, 1.82) is 0 Å². The summed E-state index contributed by atoms with van der Waals surface area (Å²) in [6.45, 7) is 1.65. The summed E-state index contributed by atoms with van der Waals surface area (Å²) in [5.74, 6) is -0.770. The number of primary amides is 1. The van der Waals surface area contributed by atoms with Gasteiger partial charge in [-0.25, -0.2) is 9.50 Å². The standard InChI is InChI=1S/C12H12F3N5O2/c13-12(14,15)8-6-20-11(18-8)9(7(5-17-20)10(16)21)19-1-3-22-4-2-19/h5-6H,1-4H2,(H2,16,21). The number of hydrogen-bond donors (Lipinski definition) is 1. The number of imidazole rings is 1. The zero-order chi connectivity index (χ0) is 15.9. The first-order valence-electron chi connectivity index (χ1n) is 6.46. The molecule has 0 saturated carbocycles. The van der Waals surface area contributed by atoms with E-state index in [0.717, 1.165) is 16.9 Å². The Labute approximate surface area is 122 Å². The van der Waals surface area contributed by atoms with Crippen molar-refractivity contribution in [3.05, 3.63) is 23.7 Å². The number of aromatic nitrogens is 3. The van der Waals surface area contributed by atoms with E-state index in [1.165, 1.54) is 0 Å². The minimum absolute atomic E-state index is 0.0359. The second-order valence-electron chi connectivity index (χ2n) is 4.76. The minimum Gasteiger partial charge on any atom is -0.378 e. The number of amides is 1. The van der Waals surface area contributed by atoms with Crippen molar-refractivity contribution in [3.63, 3.8) is 0 Å². The van der Waals surface area contributed by atoms with Gasteiger partial charge in [-0.05, 0) is 0 Å². The molecule has 0 unspecified atom stereocenters. The molecule has 3 heterocycles. The summed E-state index contributed by atoms with van der Waals surface area (Å²) >= 11 is 0. The third-order valence-corrected chi connectivity index (χ3v) is 3.35. The van der Waals surface area contributed by atoms with Gasteiger partial charge in [-0.15, -0.1) is 0 Å². The van der Waals surface area contributed by atoms with Gasteiger partial charge in [0, 0.05) is 13.1 Å². The van der Waals surface area contributed by atoms with Crippen molar-refractivity contribution in [2.75, 3.05) is 31.2 Å². The van der Waals surface area contributed by atoms with Crippen LogP contribution in [-0.2, 0) is 10.9 Å². The molecule has 10 heteroatoms. The van der Waals surface area contributed by atoms with Crippen LogP contribution in [0.5, 0.6) is 0 Å². The van der Waals surface area contributed by atoms with Gasteiger partial charge < -0.3 is 15.4 Å². The van der Waals surface area contributed by atoms with Gasteiger partial charge in [-0.2, -0.15) is 18.3 Å². The highest BCUT2D eigenvalue weighted by Crippen LogP contribution is 2.32. The molecule has 0 radical (unpaired) electrons. The number of fused-ring (bicyclic) bond motifs is 1. The van der Waals surface area contributed by atoms with Crippen molar-refractivity contribution in [2.24, 2.45) is 5.73 Å². The minimum atomic E-state index is -4.59. The smallest absolute Gasteiger partial charge is 0.378 e. The molecule has 0 aromatic carbocycles. The second kappa shape index (κ2) is 5.13. The number of rotatable bonds is 2. The first kappa shape index (κ1) is 14.6. The van der Waals surface area contributed by atoms with Crippen LogP contribution in [0.25, 0.3) is 5.65 Å². The van der Waals surface area contributed by atoms with Crippen LogP contribution in [0.3, 0.4) is 0 Å². The van der Waals surface area contributed by atoms with E-state index in [-0.39, 0.29) is 16.9 Å². The Morgan fingerprint density at radius 1 is 1.32 bits per heavy atom. The maximum atomic E-state index is 12.8. The van der Waals surface area contributed by atoms with Crippen molar-refractivity contribution in [1.82, 2.24) is 14.6 Å². The number of anilines is 1. The summed E-state index contributed by atoms with van der Waals surface area (Å²) in [6, 6.07) is 0. The highest BCUT2D eigenvalue weighted by Gasteiger charge is 2.35. The van der Waals surface area contributed by atoms with E-state index >= 15 is 0 Å². The topological polar surface area (TPSA) is 85.8 Å². The Bertz CT molecular complexity index is 721. The van der Waals surface area contributed by atoms with E-state index in [9.17, 15) is 18.0 Å². The van der Waals surface area contributed by atoms with Crippen molar-refractivity contribution in [2.45, 2.75) is 6.18 Å². The second-order valence-corrected chi connectivity index (χ2v) is 4.76. The van der Waals surface area contributed by atoms with Crippen molar-refractivity contribution >= 4 is 17.2 Å². The fourth-order valence-corrected chi connectivity index (χ4v) is 2.34. The van der Waals surface area contributed by atoms with Crippen LogP contribution in [-0.4, -0.2) is 46.8 Å². The van der Waals surface area contributed by atoms with E-state index in [0.29, 0.717) is 26.3 Å². The molecule has 1 aliphatic heterocycles. The lowest BCUT2D eigenvalue weighted by Gasteiger charge is -2.29. The first-order valence-corrected chi connectivity index (χ1v) is 6.46. The number of ether oxygens (including phenoxy) is 1. The predicted octanol–water partition coefficient (Wildman–Crippen LogP) is 0.684. The molecule has 7 nitrogen and oxygen atoms in total. The summed E-state index contributed by atoms with van der Waals surface area (Å²) in [4.78, 5) is 16.9. The zero-order valence-electron chi connectivity index (χ0n) is 11.3. The van der Waals surface area contributed by atoms with Gasteiger partial charge in [0.15, 0.2) is 11.3 Å². The van der Waals surface area contributed by atoms with Crippen LogP contribution in [0.2, 0.25) is 0 Å². The number of nitrogens with two attached hydrogens (primary N) is 1. The lowest BCUT2D eigenvalue weighted by molar-refractivity contribution is -0.140. The highest BCUT2D eigenvalue weighted by atomic mass is 19.4. The van der Waals surface area contributed by atoms with Crippen LogP contribution >= 0.6 is 0 Å². The van der Waals surface area contributed by atoms with E-state index in [4.69, 9.17) is 10.5 Å². The van der Waals surface area contributed by atoms with Crippen molar-refractivity contribution < 1.29 is 22.7 Å². The maximum Gasteiger partial charge on any atom is 0.434 e. The van der Waals surface area contributed by atoms with Gasteiger partial charge in [-0.3, -0.25) is 4.79 Å². The molecule has 0 bridgehead atoms. The summed E-state index contributed by atoms with van der Waals surface area (Å²) in [5, 5.41) is 3.79. The van der Waals surface area contributed by atoms with Crippen LogP contribution < -0.4 is 10.6 Å². The van der Waals surface area contributed by atoms with Gasteiger partial charge >= 0.3 is 6.18 Å². The predicted molar refractivity (Wildman–Crippen MR) is 69.5 cm³/mol. The molecule has 0 spiro atoms. The fraction of sp³-hybridized carbons (Fsp3) is 0.417. The quantitative estimate of drug-likeness (QED) is 0.881. The molecule has 0 atom stereocenters. The Morgan fingerprint density at radius 2 is 2.00 bits per heavy atom. The molecule has 0 aliphatic carbocycles. The lowest BCUT2D eigenvalue weighted by atomic mass is 10.2.